The zero-order valence-corrected chi connectivity index (χ0v) is 24.5. The van der Waals surface area contributed by atoms with E-state index in [9.17, 15) is 27.6 Å². The number of urea groups is 1. The monoisotopic (exact) mass is 633 g/mol. The normalized spacial score (nSPS) is 20.3. The first-order chi connectivity index (χ1) is 20.9. The first-order valence-electron chi connectivity index (χ1n) is 14.3. The molecule has 44 heavy (non-hydrogen) atoms. The first-order valence-corrected chi connectivity index (χ1v) is 14.7. The molecule has 1 aliphatic heterocycles. The van der Waals surface area contributed by atoms with Gasteiger partial charge in [-0.05, 0) is 43.9 Å². The van der Waals surface area contributed by atoms with Gasteiger partial charge in [0, 0.05) is 57.2 Å². The third kappa shape index (κ3) is 5.98. The second-order valence-corrected chi connectivity index (χ2v) is 11.8. The molecule has 0 unspecified atom stereocenters. The van der Waals surface area contributed by atoms with Crippen LogP contribution in [0, 0.1) is 0 Å². The summed E-state index contributed by atoms with van der Waals surface area (Å²) >= 11 is 6.43. The number of carbonyl (C=O) groups excluding carboxylic acids is 3. The number of benzene rings is 1. The molecular weight excluding hydrogens is 603 g/mol. The molecule has 0 bridgehead atoms. The molecule has 6 rings (SSSR count). The van der Waals surface area contributed by atoms with Crippen molar-refractivity contribution < 1.29 is 27.6 Å². The Balaban J connectivity index is 1.09. The van der Waals surface area contributed by atoms with Crippen molar-refractivity contribution in [2.24, 2.45) is 12.8 Å². The number of anilines is 1. The van der Waals surface area contributed by atoms with E-state index in [2.05, 4.69) is 20.7 Å². The SMILES string of the molecule is Cn1c(-c2cn(C3CC3)nc2C(F)(F)F)cnc1C(=O)Nc1ccc(C(=O)N2CCN(C(=O)NC3CC(N)C3)CC2)c(Cl)c1. The quantitative estimate of drug-likeness (QED) is 0.379. The second kappa shape index (κ2) is 11.4. The number of hydrogen-bond acceptors (Lipinski definition) is 6. The zero-order valence-electron chi connectivity index (χ0n) is 23.8. The van der Waals surface area contributed by atoms with Gasteiger partial charge in [0.2, 0.25) is 0 Å². The number of nitrogens with one attached hydrogen (secondary N) is 2. The van der Waals surface area contributed by atoms with Gasteiger partial charge in [-0.25, -0.2) is 9.78 Å². The van der Waals surface area contributed by atoms with Crippen LogP contribution in [0.2, 0.25) is 5.02 Å². The lowest BCUT2D eigenvalue weighted by Gasteiger charge is -2.38. The number of nitrogens with two attached hydrogens (primary N) is 1. The largest absolute Gasteiger partial charge is 0.435 e. The van der Waals surface area contributed by atoms with Crippen molar-refractivity contribution in [2.75, 3.05) is 31.5 Å². The maximum Gasteiger partial charge on any atom is 0.435 e. The fraction of sp³-hybridized carbons (Fsp3) is 0.464. The summed E-state index contributed by atoms with van der Waals surface area (Å²) in [5, 5.41) is 9.46. The average molecular weight is 634 g/mol. The molecule has 1 saturated heterocycles. The Morgan fingerprint density at radius 3 is 2.36 bits per heavy atom. The Labute approximate surface area is 255 Å². The Morgan fingerprint density at radius 2 is 1.75 bits per heavy atom. The molecule has 1 aromatic carbocycles. The van der Waals surface area contributed by atoms with Crippen molar-refractivity contribution >= 4 is 35.1 Å². The predicted molar refractivity (Wildman–Crippen MR) is 154 cm³/mol. The Morgan fingerprint density at radius 1 is 1.07 bits per heavy atom. The number of imidazole rings is 1. The van der Waals surface area contributed by atoms with Gasteiger partial charge in [-0.1, -0.05) is 11.6 Å². The van der Waals surface area contributed by atoms with E-state index in [1.54, 1.807) is 9.80 Å². The van der Waals surface area contributed by atoms with Gasteiger partial charge in [-0.2, -0.15) is 18.3 Å². The number of rotatable bonds is 6. The Kier molecular flexibility index (Phi) is 7.78. The van der Waals surface area contributed by atoms with Gasteiger partial charge in [-0.3, -0.25) is 14.3 Å². The van der Waals surface area contributed by atoms with Crippen molar-refractivity contribution in [1.82, 2.24) is 34.4 Å². The molecule has 4 amide bonds. The molecule has 2 aromatic heterocycles. The molecular formula is C28H31ClF3N9O3. The number of piperazine rings is 1. The number of halogens is 4. The predicted octanol–water partition coefficient (Wildman–Crippen LogP) is 3.50. The molecule has 0 spiro atoms. The van der Waals surface area contributed by atoms with E-state index < -0.39 is 17.8 Å². The van der Waals surface area contributed by atoms with E-state index in [1.807, 2.05) is 0 Å². The lowest BCUT2D eigenvalue weighted by Crippen LogP contribution is -2.57. The van der Waals surface area contributed by atoms with Crippen LogP contribution >= 0.6 is 11.6 Å². The van der Waals surface area contributed by atoms with Crippen molar-refractivity contribution in [1.29, 1.82) is 0 Å². The van der Waals surface area contributed by atoms with Gasteiger partial charge >= 0.3 is 12.2 Å². The van der Waals surface area contributed by atoms with Crippen molar-refractivity contribution in [2.45, 2.75) is 50.0 Å². The number of aromatic nitrogens is 4. The van der Waals surface area contributed by atoms with Gasteiger partial charge in [0.25, 0.3) is 11.8 Å². The third-order valence-corrected chi connectivity index (χ3v) is 8.51. The van der Waals surface area contributed by atoms with E-state index in [-0.39, 0.29) is 63.4 Å². The summed E-state index contributed by atoms with van der Waals surface area (Å²) in [6.07, 6.45) is 0.917. The van der Waals surface area contributed by atoms with Crippen LogP contribution in [0.4, 0.5) is 23.7 Å². The van der Waals surface area contributed by atoms with Gasteiger partial charge < -0.3 is 30.7 Å². The average Bonchev–Trinajstić information content (AvgIpc) is 3.59. The standard InChI is InChI=1S/C28H31ClF3N9O3/c1-38-22(20-14-41(18-3-4-18)37-23(20)28(30,31)32)13-34-24(38)25(42)35-16-2-5-19(21(29)12-16)26(43)39-6-8-40(9-7-39)27(44)36-17-10-15(33)11-17/h2,5,12-15,17-18H,3-4,6-11,33H2,1H3,(H,35,42)(H,36,44). The molecule has 0 atom stereocenters. The van der Waals surface area contributed by atoms with Crippen molar-refractivity contribution in [3.05, 3.63) is 52.7 Å². The zero-order chi connectivity index (χ0) is 31.3. The summed E-state index contributed by atoms with van der Waals surface area (Å²) in [4.78, 5) is 46.0. The topological polar surface area (TPSA) is 143 Å². The molecule has 16 heteroatoms. The lowest BCUT2D eigenvalue weighted by molar-refractivity contribution is -0.141. The smallest absolute Gasteiger partial charge is 0.335 e. The maximum atomic E-state index is 13.7. The van der Waals surface area contributed by atoms with E-state index in [4.69, 9.17) is 17.3 Å². The number of hydrogen-bond donors (Lipinski definition) is 3. The highest BCUT2D eigenvalue weighted by atomic mass is 35.5. The van der Waals surface area contributed by atoms with Crippen LogP contribution in [0.5, 0.6) is 0 Å². The number of nitrogens with zero attached hydrogens (tertiary/aromatic N) is 6. The molecule has 3 aromatic rings. The van der Waals surface area contributed by atoms with Gasteiger partial charge in [-0.15, -0.1) is 0 Å². The van der Waals surface area contributed by atoms with Gasteiger partial charge in [0.05, 0.1) is 34.1 Å². The molecule has 2 saturated carbocycles. The van der Waals surface area contributed by atoms with Crippen LogP contribution in [-0.2, 0) is 13.2 Å². The molecule has 234 valence electrons. The maximum absolute atomic E-state index is 13.7. The van der Waals surface area contributed by atoms with Crippen LogP contribution in [-0.4, -0.2) is 85.2 Å². The van der Waals surface area contributed by atoms with E-state index >= 15 is 0 Å². The summed E-state index contributed by atoms with van der Waals surface area (Å²) in [7, 11) is 1.45. The molecule has 3 aliphatic rings. The fourth-order valence-corrected chi connectivity index (χ4v) is 5.73. The highest BCUT2D eigenvalue weighted by Crippen LogP contribution is 2.41. The van der Waals surface area contributed by atoms with E-state index in [1.165, 1.54) is 46.9 Å². The van der Waals surface area contributed by atoms with Gasteiger partial charge in [0.1, 0.15) is 0 Å². The summed E-state index contributed by atoms with van der Waals surface area (Å²) in [6, 6.07) is 4.42. The van der Waals surface area contributed by atoms with E-state index in [0.29, 0.717) is 26.2 Å². The molecule has 3 fully saturated rings. The van der Waals surface area contributed by atoms with Crippen LogP contribution in [0.3, 0.4) is 0 Å². The summed E-state index contributed by atoms with van der Waals surface area (Å²) < 4.78 is 43.8. The van der Waals surface area contributed by atoms with Gasteiger partial charge in [0.15, 0.2) is 11.5 Å². The van der Waals surface area contributed by atoms with Crippen LogP contribution in [0.25, 0.3) is 11.3 Å². The minimum Gasteiger partial charge on any atom is -0.335 e. The van der Waals surface area contributed by atoms with Crippen molar-refractivity contribution in [3.8, 4) is 11.3 Å². The minimum atomic E-state index is -4.68. The highest BCUT2D eigenvalue weighted by molar-refractivity contribution is 6.34. The summed E-state index contributed by atoms with van der Waals surface area (Å²) in [5.41, 5.74) is 5.19. The number of carbonyl (C=O) groups is 3. The molecule has 4 N–H and O–H groups in total. The van der Waals surface area contributed by atoms with Crippen LogP contribution in [0.15, 0.2) is 30.6 Å². The Bertz CT molecular complexity index is 1600. The third-order valence-electron chi connectivity index (χ3n) is 8.20. The fourth-order valence-electron chi connectivity index (χ4n) is 5.47. The van der Waals surface area contributed by atoms with Crippen LogP contribution in [0.1, 0.15) is 58.4 Å². The van der Waals surface area contributed by atoms with Crippen molar-refractivity contribution in [3.63, 3.8) is 0 Å². The summed E-state index contributed by atoms with van der Waals surface area (Å²) in [6.45, 7) is 1.42. The molecule has 2 aliphatic carbocycles. The van der Waals surface area contributed by atoms with Crippen LogP contribution < -0.4 is 16.4 Å². The number of alkyl halides is 3. The summed E-state index contributed by atoms with van der Waals surface area (Å²) in [5.74, 6) is -1.10. The highest BCUT2D eigenvalue weighted by Gasteiger charge is 2.40. The second-order valence-electron chi connectivity index (χ2n) is 11.4. The molecule has 12 nitrogen and oxygen atoms in total. The molecule has 3 heterocycles. The number of amides is 4. The minimum absolute atomic E-state index is 0.0616. The Hall–Kier alpha value is -4.11. The first kappa shape index (κ1) is 29.9. The lowest BCUT2D eigenvalue weighted by atomic mass is 9.88. The van der Waals surface area contributed by atoms with E-state index in [0.717, 1.165) is 25.7 Å². The molecule has 0 radical (unpaired) electrons.